The van der Waals surface area contributed by atoms with E-state index >= 15 is 0 Å². The third-order valence-electron chi connectivity index (χ3n) is 2.95. The van der Waals surface area contributed by atoms with E-state index in [1.807, 2.05) is 6.07 Å². The van der Waals surface area contributed by atoms with Crippen LogP contribution in [0.1, 0.15) is 5.56 Å². The molecule has 0 aromatic heterocycles. The molecule has 0 radical (unpaired) electrons. The van der Waals surface area contributed by atoms with Crippen LogP contribution in [-0.2, 0) is 14.3 Å². The number of halogens is 4. The second-order valence-electron chi connectivity index (χ2n) is 4.87. The average molecular weight is 554 g/mol. The lowest BCUT2D eigenvalue weighted by Gasteiger charge is -2.10. The van der Waals surface area contributed by atoms with E-state index < -0.39 is 25.5 Å². The van der Waals surface area contributed by atoms with Crippen molar-refractivity contribution < 1.29 is 28.5 Å². The Morgan fingerprint density at radius 1 is 1.07 bits per heavy atom. The molecule has 2 aromatic carbocycles. The molecule has 0 aliphatic rings. The van der Waals surface area contributed by atoms with Crippen LogP contribution in [0.15, 0.2) is 39.3 Å². The highest BCUT2D eigenvalue weighted by atomic mass is 79.9. The van der Waals surface area contributed by atoms with Crippen molar-refractivity contribution >= 4 is 67.2 Å². The van der Waals surface area contributed by atoms with Crippen LogP contribution in [0, 0.1) is 11.3 Å². The van der Waals surface area contributed by atoms with Crippen molar-refractivity contribution in [2.45, 2.75) is 0 Å². The van der Waals surface area contributed by atoms with E-state index in [1.54, 1.807) is 6.07 Å². The Morgan fingerprint density at radius 3 is 2.36 bits per heavy atom. The maximum Gasteiger partial charge on any atom is 0.516 e. The molecule has 7 nitrogen and oxygen atoms in total. The monoisotopic (exact) mass is 551 g/mol. The van der Waals surface area contributed by atoms with Crippen molar-refractivity contribution in [1.82, 2.24) is 0 Å². The SMILES string of the molecule is N#Cc1cc(Br)c(OC(=O)OCOC(=O)COc2ccc(Cl)cc2Cl)c(Br)c1. The number of esters is 1. The van der Waals surface area contributed by atoms with E-state index in [0.717, 1.165) is 0 Å². The van der Waals surface area contributed by atoms with E-state index in [0.29, 0.717) is 19.5 Å². The first-order valence-electron chi connectivity index (χ1n) is 7.27. The Hall–Kier alpha value is -1.99. The Bertz CT molecular complexity index is 925. The van der Waals surface area contributed by atoms with E-state index in [4.69, 9.17) is 42.7 Å². The van der Waals surface area contributed by atoms with Crippen LogP contribution in [0.25, 0.3) is 0 Å². The average Bonchev–Trinajstić information content (AvgIpc) is 2.63. The Labute approximate surface area is 186 Å². The molecule has 0 amide bonds. The predicted molar refractivity (Wildman–Crippen MR) is 107 cm³/mol. The van der Waals surface area contributed by atoms with E-state index in [1.165, 1.54) is 24.3 Å². The van der Waals surface area contributed by atoms with Crippen LogP contribution >= 0.6 is 55.1 Å². The fourth-order valence-corrected chi connectivity index (χ4v) is 3.56. The normalized spacial score (nSPS) is 9.96. The molecule has 28 heavy (non-hydrogen) atoms. The van der Waals surface area contributed by atoms with Gasteiger partial charge in [-0.1, -0.05) is 23.2 Å². The van der Waals surface area contributed by atoms with Gasteiger partial charge in [-0.05, 0) is 62.2 Å². The van der Waals surface area contributed by atoms with Crippen LogP contribution < -0.4 is 9.47 Å². The number of benzene rings is 2. The van der Waals surface area contributed by atoms with Crippen molar-refractivity contribution in [3.05, 3.63) is 54.9 Å². The molecule has 0 N–H and O–H groups in total. The maximum absolute atomic E-state index is 11.7. The van der Waals surface area contributed by atoms with Crippen molar-refractivity contribution in [2.24, 2.45) is 0 Å². The molecule has 2 rings (SSSR count). The number of hydrogen-bond acceptors (Lipinski definition) is 7. The van der Waals surface area contributed by atoms with Gasteiger partial charge in [-0.3, -0.25) is 0 Å². The second kappa shape index (κ2) is 10.5. The van der Waals surface area contributed by atoms with E-state index in [9.17, 15) is 9.59 Å². The number of carbonyl (C=O) groups is 2. The van der Waals surface area contributed by atoms with Crippen molar-refractivity contribution in [2.75, 3.05) is 13.4 Å². The Morgan fingerprint density at radius 2 is 1.75 bits per heavy atom. The molecule has 0 aliphatic carbocycles. The summed E-state index contributed by atoms with van der Waals surface area (Å²) in [5.41, 5.74) is 0.356. The van der Waals surface area contributed by atoms with Gasteiger partial charge in [0.25, 0.3) is 0 Å². The molecule has 2 aromatic rings. The van der Waals surface area contributed by atoms with Crippen LogP contribution in [0.5, 0.6) is 11.5 Å². The van der Waals surface area contributed by atoms with Gasteiger partial charge < -0.3 is 18.9 Å². The standard InChI is InChI=1S/C17H9Br2Cl2NO6/c18-11-3-9(6-22)4-12(19)16(11)28-17(24)27-8-26-15(23)7-25-14-2-1-10(20)5-13(14)21/h1-5H,7-8H2. The maximum atomic E-state index is 11.7. The number of hydrogen-bond donors (Lipinski definition) is 0. The summed E-state index contributed by atoms with van der Waals surface area (Å²) in [7, 11) is 0. The molecule has 0 bridgehead atoms. The molecule has 0 fully saturated rings. The minimum absolute atomic E-state index is 0.107. The van der Waals surface area contributed by atoms with Gasteiger partial charge in [-0.25, -0.2) is 9.59 Å². The number of carbonyl (C=O) groups excluding carboxylic acids is 2. The molecule has 0 atom stereocenters. The van der Waals surface area contributed by atoms with Crippen molar-refractivity contribution in [3.8, 4) is 17.6 Å². The summed E-state index contributed by atoms with van der Waals surface area (Å²) in [6.07, 6.45) is -1.11. The van der Waals surface area contributed by atoms with Gasteiger partial charge in [0, 0.05) is 5.02 Å². The highest BCUT2D eigenvalue weighted by molar-refractivity contribution is 9.11. The molecule has 0 unspecified atom stereocenters. The lowest BCUT2D eigenvalue weighted by atomic mass is 10.2. The number of nitrogens with zero attached hydrogens (tertiary/aromatic N) is 1. The largest absolute Gasteiger partial charge is 0.516 e. The molecular formula is C17H9Br2Cl2NO6. The lowest BCUT2D eigenvalue weighted by molar-refractivity contribution is -0.155. The molecule has 0 heterocycles. The van der Waals surface area contributed by atoms with Gasteiger partial charge in [-0.15, -0.1) is 0 Å². The second-order valence-corrected chi connectivity index (χ2v) is 7.43. The van der Waals surface area contributed by atoms with Gasteiger partial charge in [0.1, 0.15) is 5.75 Å². The first kappa shape index (κ1) is 22.3. The van der Waals surface area contributed by atoms with Gasteiger partial charge in [0.2, 0.25) is 6.79 Å². The first-order valence-corrected chi connectivity index (χ1v) is 9.61. The summed E-state index contributed by atoms with van der Waals surface area (Å²) >= 11 is 18.0. The topological polar surface area (TPSA) is 94.9 Å². The Balaban J connectivity index is 1.77. The van der Waals surface area contributed by atoms with Crippen LogP contribution in [0.2, 0.25) is 10.0 Å². The van der Waals surface area contributed by atoms with E-state index in [-0.39, 0.29) is 16.5 Å². The lowest BCUT2D eigenvalue weighted by Crippen LogP contribution is -2.20. The summed E-state index contributed by atoms with van der Waals surface area (Å²) in [5.74, 6) is -0.436. The molecule has 146 valence electrons. The van der Waals surface area contributed by atoms with Gasteiger partial charge in [0.05, 0.1) is 25.6 Å². The van der Waals surface area contributed by atoms with Crippen LogP contribution in [-0.4, -0.2) is 25.5 Å². The zero-order valence-electron chi connectivity index (χ0n) is 13.7. The third kappa shape index (κ3) is 6.56. The highest BCUT2D eigenvalue weighted by Gasteiger charge is 2.15. The summed E-state index contributed by atoms with van der Waals surface area (Å²) in [5, 5.41) is 9.53. The van der Waals surface area contributed by atoms with Gasteiger partial charge in [-0.2, -0.15) is 5.26 Å². The minimum atomic E-state index is -1.11. The number of rotatable bonds is 6. The zero-order valence-corrected chi connectivity index (χ0v) is 18.4. The Kier molecular flexibility index (Phi) is 8.38. The molecule has 0 spiro atoms. The highest BCUT2D eigenvalue weighted by Crippen LogP contribution is 2.35. The number of nitriles is 1. The summed E-state index contributed by atoms with van der Waals surface area (Å²) in [4.78, 5) is 23.3. The van der Waals surface area contributed by atoms with Gasteiger partial charge >= 0.3 is 12.1 Å². The summed E-state index contributed by atoms with van der Waals surface area (Å²) < 4.78 is 20.3. The van der Waals surface area contributed by atoms with Crippen molar-refractivity contribution in [3.63, 3.8) is 0 Å². The smallest absolute Gasteiger partial charge is 0.480 e. The fourth-order valence-electron chi connectivity index (χ4n) is 1.75. The first-order chi connectivity index (χ1) is 13.3. The van der Waals surface area contributed by atoms with E-state index in [2.05, 4.69) is 36.6 Å². The molecule has 0 saturated heterocycles. The minimum Gasteiger partial charge on any atom is -0.480 e. The molecule has 11 heteroatoms. The molecular weight excluding hydrogens is 545 g/mol. The fraction of sp³-hybridized carbons (Fsp3) is 0.118. The zero-order chi connectivity index (χ0) is 20.7. The van der Waals surface area contributed by atoms with Crippen LogP contribution in [0.4, 0.5) is 4.79 Å². The third-order valence-corrected chi connectivity index (χ3v) is 4.66. The summed E-state index contributed by atoms with van der Waals surface area (Å²) in [6.45, 7) is -1.13. The number of ether oxygens (including phenoxy) is 4. The van der Waals surface area contributed by atoms with Crippen molar-refractivity contribution in [1.29, 1.82) is 5.26 Å². The van der Waals surface area contributed by atoms with Crippen LogP contribution in [0.3, 0.4) is 0 Å². The quantitative estimate of drug-likeness (QED) is 0.265. The predicted octanol–water partition coefficient (Wildman–Crippen LogP) is 5.49. The summed E-state index contributed by atoms with van der Waals surface area (Å²) in [6, 6.07) is 9.39. The van der Waals surface area contributed by atoms with Gasteiger partial charge in [0.15, 0.2) is 12.4 Å². The molecule has 0 saturated carbocycles. The molecule has 0 aliphatic heterocycles.